The molecule has 10 nitrogen and oxygen atoms in total. The largest absolute Gasteiger partial charge is 0.383 e. The predicted octanol–water partition coefficient (Wildman–Crippen LogP) is 4.00. The predicted molar refractivity (Wildman–Crippen MR) is 150 cm³/mol. The number of halogens is 2. The van der Waals surface area contributed by atoms with E-state index in [-0.39, 0.29) is 46.5 Å². The normalized spacial score (nSPS) is 14.7. The smallest absolute Gasteiger partial charge is 0.255 e. The Balaban J connectivity index is 1.40. The third-order valence-corrected chi connectivity index (χ3v) is 7.12. The van der Waals surface area contributed by atoms with Gasteiger partial charge in [0.15, 0.2) is 18.0 Å². The van der Waals surface area contributed by atoms with E-state index in [9.17, 15) is 13.1 Å². The van der Waals surface area contributed by atoms with Gasteiger partial charge in [-0.1, -0.05) is 0 Å². The highest BCUT2D eigenvalue weighted by Gasteiger charge is 2.22. The third-order valence-electron chi connectivity index (χ3n) is 6.69. The standard InChI is InChI=1S/C27H28F2N8O2S/c1-17(18-4-6-31-7-5-18)34-27(38)21-16-37(40-29)26-25(21)35-23(15-33-26)24(30)20-3-2-19(28)14-22(20)32-8-9-36-10-12-39-13-11-36/h2-7,14-17,30,32H,8-13H2,1H3,(H,34,38). The Kier molecular flexibility index (Phi) is 8.63. The van der Waals surface area contributed by atoms with Gasteiger partial charge in [0.1, 0.15) is 17.0 Å². The molecule has 3 N–H and O–H groups in total. The molecule has 0 aliphatic carbocycles. The van der Waals surface area contributed by atoms with Gasteiger partial charge in [0.25, 0.3) is 5.91 Å². The zero-order valence-electron chi connectivity index (χ0n) is 21.7. The van der Waals surface area contributed by atoms with Crippen molar-refractivity contribution in [2.45, 2.75) is 13.0 Å². The first kappa shape index (κ1) is 27.6. The molecule has 0 bridgehead atoms. The summed E-state index contributed by atoms with van der Waals surface area (Å²) in [5, 5.41) is 15.0. The molecule has 1 fully saturated rings. The fourth-order valence-corrected chi connectivity index (χ4v) is 4.85. The summed E-state index contributed by atoms with van der Waals surface area (Å²) < 4.78 is 34.4. The maximum atomic E-state index is 14.2. The van der Waals surface area contributed by atoms with Gasteiger partial charge in [-0.05, 0) is 42.8 Å². The average Bonchev–Trinajstić information content (AvgIpc) is 3.36. The number of hydrogen-bond acceptors (Lipinski definition) is 9. The van der Waals surface area contributed by atoms with Crippen molar-refractivity contribution in [3.05, 3.63) is 83.3 Å². The molecule has 0 spiro atoms. The number of aromatic nitrogens is 4. The van der Waals surface area contributed by atoms with Gasteiger partial charge in [0.05, 0.1) is 36.7 Å². The summed E-state index contributed by atoms with van der Waals surface area (Å²) >= 11 is -0.104. The van der Waals surface area contributed by atoms with Crippen molar-refractivity contribution in [3.8, 4) is 0 Å². The monoisotopic (exact) mass is 566 g/mol. The van der Waals surface area contributed by atoms with E-state index in [1.165, 1.54) is 30.6 Å². The van der Waals surface area contributed by atoms with Crippen LogP contribution >= 0.6 is 12.3 Å². The van der Waals surface area contributed by atoms with Crippen LogP contribution in [-0.2, 0) is 4.74 Å². The molecule has 3 aromatic heterocycles. The molecule has 4 heterocycles. The summed E-state index contributed by atoms with van der Waals surface area (Å²) in [7, 11) is 0. The van der Waals surface area contributed by atoms with Crippen molar-refractivity contribution >= 4 is 40.8 Å². The van der Waals surface area contributed by atoms with Crippen LogP contribution < -0.4 is 10.6 Å². The first-order valence-electron chi connectivity index (χ1n) is 12.8. The number of carbonyl (C=O) groups is 1. The van der Waals surface area contributed by atoms with Gasteiger partial charge in [0, 0.05) is 56.0 Å². The Labute approximate surface area is 234 Å². The average molecular weight is 567 g/mol. The molecule has 1 amide bonds. The number of benzene rings is 1. The molecule has 1 aromatic carbocycles. The van der Waals surface area contributed by atoms with E-state index in [0.29, 0.717) is 31.0 Å². The zero-order chi connectivity index (χ0) is 28.1. The second-order valence-corrected chi connectivity index (χ2v) is 9.82. The summed E-state index contributed by atoms with van der Waals surface area (Å²) in [5.41, 5.74) is 2.28. The van der Waals surface area contributed by atoms with Gasteiger partial charge in [-0.2, -0.15) is 0 Å². The minimum Gasteiger partial charge on any atom is -0.383 e. The van der Waals surface area contributed by atoms with Crippen molar-refractivity contribution in [2.24, 2.45) is 0 Å². The number of morpholine rings is 1. The summed E-state index contributed by atoms with van der Waals surface area (Å²) in [5.74, 6) is -0.904. The Hall–Kier alpha value is -3.94. The first-order chi connectivity index (χ1) is 19.4. The molecule has 40 heavy (non-hydrogen) atoms. The van der Waals surface area contributed by atoms with Crippen molar-refractivity contribution in [3.63, 3.8) is 0 Å². The minimum absolute atomic E-state index is 0.0135. The molecule has 1 saturated heterocycles. The van der Waals surface area contributed by atoms with Crippen LogP contribution in [0.1, 0.15) is 40.1 Å². The number of fused-ring (bicyclic) bond motifs is 1. The van der Waals surface area contributed by atoms with Crippen LogP contribution in [0.5, 0.6) is 0 Å². The number of nitrogens with zero attached hydrogens (tertiary/aromatic N) is 5. The molecule has 4 aromatic rings. The summed E-state index contributed by atoms with van der Waals surface area (Å²) in [6, 6.07) is 7.36. The summed E-state index contributed by atoms with van der Waals surface area (Å²) in [4.78, 5) is 28.3. The maximum absolute atomic E-state index is 14.2. The quantitative estimate of drug-likeness (QED) is 0.247. The van der Waals surface area contributed by atoms with Gasteiger partial charge in [-0.3, -0.25) is 20.1 Å². The molecule has 0 saturated carbocycles. The molecule has 1 aliphatic heterocycles. The van der Waals surface area contributed by atoms with E-state index >= 15 is 0 Å². The number of rotatable bonds is 10. The van der Waals surface area contributed by atoms with Crippen LogP contribution in [0.15, 0.2) is 55.1 Å². The molecule has 1 atom stereocenters. The number of amides is 1. The SMILES string of the molecule is CC(NC(=O)c1cn(SF)c2ncc(C(=N)c3ccc(F)cc3NCCN3CCOCC3)nc12)c1ccncc1. The van der Waals surface area contributed by atoms with Crippen LogP contribution in [0, 0.1) is 11.2 Å². The lowest BCUT2D eigenvalue weighted by Gasteiger charge is -2.26. The number of hydrogen-bond donors (Lipinski definition) is 3. The van der Waals surface area contributed by atoms with Crippen molar-refractivity contribution in [2.75, 3.05) is 44.7 Å². The van der Waals surface area contributed by atoms with Gasteiger partial charge in [-0.25, -0.2) is 18.3 Å². The Morgan fingerprint density at radius 3 is 2.73 bits per heavy atom. The number of anilines is 1. The molecule has 1 unspecified atom stereocenters. The van der Waals surface area contributed by atoms with E-state index in [2.05, 4.69) is 30.5 Å². The highest BCUT2D eigenvalue weighted by atomic mass is 32.2. The van der Waals surface area contributed by atoms with Crippen LogP contribution in [0.2, 0.25) is 0 Å². The topological polar surface area (TPSA) is 121 Å². The molecule has 13 heteroatoms. The lowest BCUT2D eigenvalue weighted by Crippen LogP contribution is -2.39. The van der Waals surface area contributed by atoms with Crippen molar-refractivity contribution < 1.29 is 17.8 Å². The lowest BCUT2D eigenvalue weighted by molar-refractivity contribution is 0.0398. The van der Waals surface area contributed by atoms with E-state index in [0.717, 1.165) is 29.2 Å². The minimum atomic E-state index is -0.465. The molecule has 5 rings (SSSR count). The van der Waals surface area contributed by atoms with Crippen LogP contribution in [0.25, 0.3) is 11.2 Å². The van der Waals surface area contributed by atoms with E-state index < -0.39 is 11.7 Å². The first-order valence-corrected chi connectivity index (χ1v) is 13.4. The number of ether oxygens (including phenoxy) is 1. The zero-order valence-corrected chi connectivity index (χ0v) is 22.5. The van der Waals surface area contributed by atoms with E-state index in [1.807, 2.05) is 6.92 Å². The molecular formula is C27H28F2N8O2S. The molecular weight excluding hydrogens is 538 g/mol. The van der Waals surface area contributed by atoms with Crippen LogP contribution in [0.4, 0.5) is 14.0 Å². The van der Waals surface area contributed by atoms with Crippen LogP contribution in [-0.4, -0.2) is 74.8 Å². The van der Waals surface area contributed by atoms with Gasteiger partial charge in [-0.15, -0.1) is 3.89 Å². The molecule has 0 radical (unpaired) electrons. The van der Waals surface area contributed by atoms with Gasteiger partial charge in [0.2, 0.25) is 0 Å². The van der Waals surface area contributed by atoms with Gasteiger partial charge < -0.3 is 15.4 Å². The highest BCUT2D eigenvalue weighted by molar-refractivity contribution is 7.92. The maximum Gasteiger partial charge on any atom is 0.255 e. The Morgan fingerprint density at radius 2 is 1.98 bits per heavy atom. The Bertz CT molecular complexity index is 1510. The second-order valence-electron chi connectivity index (χ2n) is 9.29. The fraction of sp³-hybridized carbons (Fsp3) is 0.296. The lowest BCUT2D eigenvalue weighted by atomic mass is 10.0. The van der Waals surface area contributed by atoms with Gasteiger partial charge >= 0.3 is 0 Å². The second kappa shape index (κ2) is 12.5. The fourth-order valence-electron chi connectivity index (χ4n) is 4.51. The summed E-state index contributed by atoms with van der Waals surface area (Å²) in [6.07, 6.45) is 5.94. The summed E-state index contributed by atoms with van der Waals surface area (Å²) in [6.45, 7) is 6.14. The highest BCUT2D eigenvalue weighted by Crippen LogP contribution is 2.26. The molecule has 208 valence electrons. The number of nitrogens with one attached hydrogen (secondary N) is 3. The van der Waals surface area contributed by atoms with E-state index in [4.69, 9.17) is 10.1 Å². The number of carbonyl (C=O) groups excluding carboxylic acids is 1. The Morgan fingerprint density at radius 1 is 1.20 bits per heavy atom. The molecule has 1 aliphatic rings. The van der Waals surface area contributed by atoms with Crippen molar-refractivity contribution in [1.82, 2.24) is 29.1 Å². The van der Waals surface area contributed by atoms with Crippen molar-refractivity contribution in [1.29, 1.82) is 5.41 Å². The third kappa shape index (κ3) is 6.11. The van der Waals surface area contributed by atoms with Crippen LogP contribution in [0.3, 0.4) is 0 Å². The number of pyridine rings is 1. The van der Waals surface area contributed by atoms with E-state index in [1.54, 1.807) is 24.5 Å².